The van der Waals surface area contributed by atoms with E-state index in [1.54, 1.807) is 6.92 Å². The molecule has 0 amide bonds. The Bertz CT molecular complexity index is 629. The van der Waals surface area contributed by atoms with Gasteiger partial charge in [0.2, 0.25) is 11.7 Å². The summed E-state index contributed by atoms with van der Waals surface area (Å²) in [5.41, 5.74) is 6.33. The maximum absolute atomic E-state index is 9.85. The summed E-state index contributed by atoms with van der Waals surface area (Å²) in [7, 11) is 0. The van der Waals surface area contributed by atoms with Crippen molar-refractivity contribution in [3.63, 3.8) is 0 Å². The van der Waals surface area contributed by atoms with Gasteiger partial charge in [-0.05, 0) is 13.8 Å². The Hall–Kier alpha value is -2.06. The van der Waals surface area contributed by atoms with E-state index in [9.17, 15) is 10.2 Å². The number of rotatable bonds is 4. The van der Waals surface area contributed by atoms with Gasteiger partial charge < -0.3 is 21.3 Å². The van der Waals surface area contributed by atoms with Gasteiger partial charge in [0, 0.05) is 12.5 Å². The Morgan fingerprint density at radius 3 is 2.60 bits per heavy atom. The zero-order valence-corrected chi connectivity index (χ0v) is 11.6. The SMILES string of the molecule is CCC(O)(O)c1cnc2nc(N)nc(NC(C)C)c2n1. The van der Waals surface area contributed by atoms with Crippen LogP contribution in [0.5, 0.6) is 0 Å². The highest BCUT2D eigenvalue weighted by atomic mass is 16.5. The molecule has 0 bridgehead atoms. The molecule has 0 atom stereocenters. The Kier molecular flexibility index (Phi) is 3.69. The van der Waals surface area contributed by atoms with Crippen molar-refractivity contribution < 1.29 is 10.2 Å². The number of nitrogens with zero attached hydrogens (tertiary/aromatic N) is 4. The van der Waals surface area contributed by atoms with Crippen molar-refractivity contribution in [2.45, 2.75) is 39.0 Å². The molecule has 0 saturated carbocycles. The van der Waals surface area contributed by atoms with Crippen LogP contribution in [0.1, 0.15) is 32.9 Å². The Balaban J connectivity index is 2.62. The third-order valence-corrected chi connectivity index (χ3v) is 2.75. The maximum Gasteiger partial charge on any atom is 0.224 e. The summed E-state index contributed by atoms with van der Waals surface area (Å²) >= 11 is 0. The minimum absolute atomic E-state index is 0.0488. The highest BCUT2D eigenvalue weighted by molar-refractivity contribution is 5.83. The summed E-state index contributed by atoms with van der Waals surface area (Å²) in [6.45, 7) is 5.52. The van der Waals surface area contributed by atoms with Gasteiger partial charge >= 0.3 is 0 Å². The fraction of sp³-hybridized carbons (Fsp3) is 0.500. The van der Waals surface area contributed by atoms with Crippen molar-refractivity contribution in [3.05, 3.63) is 11.9 Å². The molecule has 2 heterocycles. The summed E-state index contributed by atoms with van der Waals surface area (Å²) in [6.07, 6.45) is 1.37. The molecular weight excluding hydrogens is 260 g/mol. The molecule has 2 aromatic rings. The predicted molar refractivity (Wildman–Crippen MR) is 74.7 cm³/mol. The first-order valence-corrected chi connectivity index (χ1v) is 6.35. The molecule has 0 aliphatic heterocycles. The molecule has 2 rings (SSSR count). The Morgan fingerprint density at radius 2 is 2.00 bits per heavy atom. The smallest absolute Gasteiger partial charge is 0.224 e. The number of anilines is 2. The van der Waals surface area contributed by atoms with Crippen molar-refractivity contribution in [2.24, 2.45) is 0 Å². The van der Waals surface area contributed by atoms with Crippen LogP contribution in [0.3, 0.4) is 0 Å². The second-order valence-electron chi connectivity index (χ2n) is 4.83. The summed E-state index contributed by atoms with van der Waals surface area (Å²) in [6, 6.07) is 0.108. The molecule has 8 nitrogen and oxygen atoms in total. The molecule has 0 fully saturated rings. The highest BCUT2D eigenvalue weighted by Crippen LogP contribution is 2.24. The van der Waals surface area contributed by atoms with E-state index >= 15 is 0 Å². The molecule has 5 N–H and O–H groups in total. The van der Waals surface area contributed by atoms with Gasteiger partial charge in [0.25, 0.3) is 0 Å². The molecule has 0 aliphatic rings. The molecule has 20 heavy (non-hydrogen) atoms. The van der Waals surface area contributed by atoms with Crippen LogP contribution in [0.2, 0.25) is 0 Å². The van der Waals surface area contributed by atoms with Gasteiger partial charge in [-0.15, -0.1) is 0 Å². The molecule has 2 aromatic heterocycles. The predicted octanol–water partition coefficient (Wildman–Crippen LogP) is 0.370. The van der Waals surface area contributed by atoms with Crippen LogP contribution in [0, 0.1) is 0 Å². The number of nitrogens with two attached hydrogens (primary N) is 1. The average molecular weight is 278 g/mol. The van der Waals surface area contributed by atoms with Crippen LogP contribution in [0.4, 0.5) is 11.8 Å². The molecule has 0 unspecified atom stereocenters. The molecule has 0 spiro atoms. The van der Waals surface area contributed by atoms with E-state index in [-0.39, 0.29) is 24.1 Å². The number of hydrogen-bond donors (Lipinski definition) is 4. The largest absolute Gasteiger partial charge is 0.368 e. The quantitative estimate of drug-likeness (QED) is 0.590. The number of nitrogens with one attached hydrogen (secondary N) is 1. The van der Waals surface area contributed by atoms with Crippen molar-refractivity contribution in [1.29, 1.82) is 0 Å². The van der Waals surface area contributed by atoms with Crippen LogP contribution >= 0.6 is 0 Å². The lowest BCUT2D eigenvalue weighted by atomic mass is 10.1. The monoisotopic (exact) mass is 278 g/mol. The van der Waals surface area contributed by atoms with Gasteiger partial charge in [0.1, 0.15) is 5.69 Å². The van der Waals surface area contributed by atoms with Crippen LogP contribution in [0.25, 0.3) is 11.2 Å². The average Bonchev–Trinajstić information content (AvgIpc) is 2.37. The molecule has 8 heteroatoms. The third kappa shape index (κ3) is 2.75. The van der Waals surface area contributed by atoms with Crippen LogP contribution < -0.4 is 11.1 Å². The van der Waals surface area contributed by atoms with E-state index in [2.05, 4.69) is 25.3 Å². The van der Waals surface area contributed by atoms with E-state index in [1.807, 2.05) is 13.8 Å². The molecule has 0 saturated heterocycles. The summed E-state index contributed by atoms with van der Waals surface area (Å²) < 4.78 is 0. The first-order chi connectivity index (χ1) is 9.33. The van der Waals surface area contributed by atoms with Crippen molar-refractivity contribution >= 4 is 22.9 Å². The normalized spacial score (nSPS) is 12.1. The first kappa shape index (κ1) is 14.4. The second kappa shape index (κ2) is 5.14. The molecule has 0 aliphatic carbocycles. The topological polar surface area (TPSA) is 130 Å². The van der Waals surface area contributed by atoms with Gasteiger partial charge in [0.15, 0.2) is 17.0 Å². The summed E-state index contributed by atoms with van der Waals surface area (Å²) in [5, 5.41) is 22.8. The number of aliphatic hydroxyl groups is 2. The zero-order valence-electron chi connectivity index (χ0n) is 11.6. The number of aromatic nitrogens is 4. The van der Waals surface area contributed by atoms with E-state index < -0.39 is 5.79 Å². The molecule has 0 radical (unpaired) electrons. The van der Waals surface area contributed by atoms with Gasteiger partial charge in [-0.25, -0.2) is 9.97 Å². The van der Waals surface area contributed by atoms with E-state index in [4.69, 9.17) is 5.73 Å². The van der Waals surface area contributed by atoms with Gasteiger partial charge in [-0.1, -0.05) is 6.92 Å². The second-order valence-corrected chi connectivity index (χ2v) is 4.83. The van der Waals surface area contributed by atoms with Crippen LogP contribution in [0.15, 0.2) is 6.20 Å². The Labute approximate surface area is 116 Å². The lowest BCUT2D eigenvalue weighted by Crippen LogP contribution is -2.25. The van der Waals surface area contributed by atoms with Crippen molar-refractivity contribution in [2.75, 3.05) is 11.1 Å². The van der Waals surface area contributed by atoms with Crippen LogP contribution in [-0.2, 0) is 5.79 Å². The Morgan fingerprint density at radius 1 is 1.30 bits per heavy atom. The minimum atomic E-state index is -2.03. The number of fused-ring (bicyclic) bond motifs is 1. The lowest BCUT2D eigenvalue weighted by molar-refractivity contribution is -0.174. The van der Waals surface area contributed by atoms with Crippen molar-refractivity contribution in [1.82, 2.24) is 19.9 Å². The summed E-state index contributed by atoms with van der Waals surface area (Å²) in [4.78, 5) is 16.3. The lowest BCUT2D eigenvalue weighted by Gasteiger charge is -2.19. The van der Waals surface area contributed by atoms with E-state index in [1.165, 1.54) is 6.20 Å². The fourth-order valence-electron chi connectivity index (χ4n) is 1.67. The third-order valence-electron chi connectivity index (χ3n) is 2.75. The standard InChI is InChI=1S/C12H18N6O2/c1-4-12(19,20)7-5-14-9-8(16-7)10(15-6(2)3)18-11(13)17-9/h5-6,19-20H,4H2,1-3H3,(H3,13,14,15,17,18). The number of nitrogen functional groups attached to an aromatic ring is 1. The minimum Gasteiger partial charge on any atom is -0.368 e. The van der Waals surface area contributed by atoms with Crippen LogP contribution in [-0.4, -0.2) is 36.2 Å². The first-order valence-electron chi connectivity index (χ1n) is 6.35. The van der Waals surface area contributed by atoms with Gasteiger partial charge in [0.05, 0.1) is 6.20 Å². The van der Waals surface area contributed by atoms with Crippen molar-refractivity contribution in [3.8, 4) is 0 Å². The summed E-state index contributed by atoms with van der Waals surface area (Å²) in [5.74, 6) is -1.53. The molecule has 108 valence electrons. The van der Waals surface area contributed by atoms with E-state index in [0.29, 0.717) is 17.0 Å². The number of hydrogen-bond acceptors (Lipinski definition) is 8. The maximum atomic E-state index is 9.85. The van der Waals surface area contributed by atoms with Gasteiger partial charge in [-0.2, -0.15) is 9.97 Å². The zero-order chi connectivity index (χ0) is 14.9. The van der Waals surface area contributed by atoms with E-state index in [0.717, 1.165) is 0 Å². The fourth-order valence-corrected chi connectivity index (χ4v) is 1.67. The molecule has 0 aromatic carbocycles. The van der Waals surface area contributed by atoms with Gasteiger partial charge in [-0.3, -0.25) is 0 Å². The highest BCUT2D eigenvalue weighted by Gasteiger charge is 2.26. The molecular formula is C12H18N6O2.